The summed E-state index contributed by atoms with van der Waals surface area (Å²) in [6.45, 7) is 2.10. The van der Waals surface area contributed by atoms with E-state index in [1.807, 2.05) is 11.7 Å². The van der Waals surface area contributed by atoms with E-state index >= 15 is 0 Å². The van der Waals surface area contributed by atoms with Crippen molar-refractivity contribution in [3.63, 3.8) is 0 Å². The zero-order chi connectivity index (χ0) is 15.0. The molecule has 0 saturated carbocycles. The molecule has 0 aliphatic rings. The van der Waals surface area contributed by atoms with E-state index in [0.717, 1.165) is 41.2 Å². The third-order valence-electron chi connectivity index (χ3n) is 3.51. The van der Waals surface area contributed by atoms with Gasteiger partial charge in [0.15, 0.2) is 5.65 Å². The Bertz CT molecular complexity index is 773. The second kappa shape index (κ2) is 5.96. The Balaban J connectivity index is 2.29. The highest BCUT2D eigenvalue weighted by atomic mass is 127. The number of alkyl halides is 1. The van der Waals surface area contributed by atoms with E-state index in [2.05, 4.69) is 63.4 Å². The number of benzene rings is 1. The molecule has 3 aromatic rings. The molecular formula is C15H16ClIN4. The lowest BCUT2D eigenvalue weighted by atomic mass is 10.3. The lowest BCUT2D eigenvalue weighted by Gasteiger charge is -2.09. The molecule has 3 rings (SSSR count). The van der Waals surface area contributed by atoms with E-state index in [4.69, 9.17) is 16.6 Å². The minimum Gasteiger partial charge on any atom is -0.281 e. The normalized spacial score (nSPS) is 11.4. The van der Waals surface area contributed by atoms with Crippen molar-refractivity contribution in [3.05, 3.63) is 39.4 Å². The monoisotopic (exact) mass is 414 g/mol. The second-order valence-corrected chi connectivity index (χ2v) is 6.50. The van der Waals surface area contributed by atoms with Crippen molar-refractivity contribution < 1.29 is 0 Å². The van der Waals surface area contributed by atoms with E-state index in [9.17, 15) is 0 Å². The molecule has 0 atom stereocenters. The zero-order valence-corrected chi connectivity index (χ0v) is 14.9. The Labute approximate surface area is 142 Å². The van der Waals surface area contributed by atoms with Gasteiger partial charge >= 0.3 is 0 Å². The van der Waals surface area contributed by atoms with Gasteiger partial charge in [0.05, 0.1) is 5.69 Å². The van der Waals surface area contributed by atoms with Gasteiger partial charge in [-0.3, -0.25) is 4.57 Å². The number of rotatable bonds is 4. The van der Waals surface area contributed by atoms with Gasteiger partial charge in [-0.05, 0) is 53.3 Å². The number of fused-ring (bicyclic) bond motifs is 1. The number of hydrogen-bond acceptors (Lipinski definition) is 2. The van der Waals surface area contributed by atoms with Gasteiger partial charge < -0.3 is 0 Å². The average Bonchev–Trinajstić information content (AvgIpc) is 2.98. The molecule has 6 heteroatoms. The van der Waals surface area contributed by atoms with Crippen LogP contribution in [-0.2, 0) is 19.9 Å². The quantitative estimate of drug-likeness (QED) is 0.482. The van der Waals surface area contributed by atoms with Crippen molar-refractivity contribution in [3.8, 4) is 5.69 Å². The molecule has 0 radical (unpaired) electrons. The van der Waals surface area contributed by atoms with Crippen LogP contribution in [0, 0.1) is 3.57 Å². The molecule has 21 heavy (non-hydrogen) atoms. The van der Waals surface area contributed by atoms with Crippen molar-refractivity contribution >= 4 is 45.4 Å². The Kier molecular flexibility index (Phi) is 4.21. The molecule has 2 aromatic heterocycles. The van der Waals surface area contributed by atoms with Crippen LogP contribution >= 0.6 is 34.2 Å². The molecular weight excluding hydrogens is 399 g/mol. The molecule has 0 aliphatic carbocycles. The van der Waals surface area contributed by atoms with Crippen molar-refractivity contribution in [1.82, 2.24) is 19.3 Å². The molecule has 4 nitrogen and oxygen atoms in total. The van der Waals surface area contributed by atoms with Gasteiger partial charge in [0.25, 0.3) is 0 Å². The third-order valence-corrected chi connectivity index (χ3v) is 4.42. The van der Waals surface area contributed by atoms with E-state index in [-0.39, 0.29) is 0 Å². The number of hydrogen-bond donors (Lipinski definition) is 0. The molecule has 0 spiro atoms. The van der Waals surface area contributed by atoms with Crippen LogP contribution in [0.15, 0.2) is 24.3 Å². The highest BCUT2D eigenvalue weighted by Gasteiger charge is 2.19. The standard InChI is InChI=1S/C15H16ClIN4/c1-3-12-14-15(20(2)19-12)21(13(18-14)8-9-16)11-6-4-10(17)5-7-11/h4-7H,3,8-9H2,1-2H3. The van der Waals surface area contributed by atoms with Gasteiger partial charge in [0.2, 0.25) is 0 Å². The van der Waals surface area contributed by atoms with Crippen LogP contribution in [0.1, 0.15) is 18.4 Å². The summed E-state index contributed by atoms with van der Waals surface area (Å²) in [5.41, 5.74) is 4.16. The first-order valence-corrected chi connectivity index (χ1v) is 8.52. The summed E-state index contributed by atoms with van der Waals surface area (Å²) in [6, 6.07) is 8.42. The van der Waals surface area contributed by atoms with Gasteiger partial charge in [-0.15, -0.1) is 11.6 Å². The van der Waals surface area contributed by atoms with Gasteiger partial charge in [0.1, 0.15) is 11.3 Å². The van der Waals surface area contributed by atoms with Crippen molar-refractivity contribution in [2.45, 2.75) is 19.8 Å². The topological polar surface area (TPSA) is 35.6 Å². The van der Waals surface area contributed by atoms with Gasteiger partial charge in [-0.25, -0.2) is 9.67 Å². The van der Waals surface area contributed by atoms with E-state index in [1.54, 1.807) is 0 Å². The Morgan fingerprint density at radius 1 is 1.24 bits per heavy atom. The predicted octanol–water partition coefficient (Wildman–Crippen LogP) is 3.71. The zero-order valence-electron chi connectivity index (χ0n) is 12.0. The fourth-order valence-corrected chi connectivity index (χ4v) is 3.11. The average molecular weight is 415 g/mol. The van der Waals surface area contributed by atoms with E-state index in [1.165, 1.54) is 3.57 Å². The van der Waals surface area contributed by atoms with Crippen LogP contribution in [0.4, 0.5) is 0 Å². The highest BCUT2D eigenvalue weighted by Crippen LogP contribution is 2.25. The summed E-state index contributed by atoms with van der Waals surface area (Å²) in [5, 5.41) is 4.57. The summed E-state index contributed by atoms with van der Waals surface area (Å²) in [4.78, 5) is 4.79. The summed E-state index contributed by atoms with van der Waals surface area (Å²) in [7, 11) is 1.97. The van der Waals surface area contributed by atoms with Crippen molar-refractivity contribution in [1.29, 1.82) is 0 Å². The SMILES string of the molecule is CCc1nn(C)c2c1nc(CCCl)n2-c1ccc(I)cc1. The van der Waals surface area contributed by atoms with Gasteiger partial charge in [0, 0.05) is 28.6 Å². The van der Waals surface area contributed by atoms with Gasteiger partial charge in [-0.2, -0.15) is 5.10 Å². The molecule has 110 valence electrons. The summed E-state index contributed by atoms with van der Waals surface area (Å²) in [6.07, 6.45) is 1.62. The first-order valence-electron chi connectivity index (χ1n) is 6.90. The lowest BCUT2D eigenvalue weighted by Crippen LogP contribution is -2.06. The molecule has 2 heterocycles. The fourth-order valence-electron chi connectivity index (χ4n) is 2.58. The fraction of sp³-hybridized carbons (Fsp3) is 0.333. The Morgan fingerprint density at radius 3 is 2.57 bits per heavy atom. The summed E-state index contributed by atoms with van der Waals surface area (Å²) in [5.74, 6) is 1.55. The number of imidazole rings is 1. The Hall–Kier alpha value is -1.08. The van der Waals surface area contributed by atoms with E-state index < -0.39 is 0 Å². The molecule has 0 bridgehead atoms. The van der Waals surface area contributed by atoms with Crippen LogP contribution in [0.5, 0.6) is 0 Å². The maximum Gasteiger partial charge on any atom is 0.163 e. The number of aromatic nitrogens is 4. The smallest absolute Gasteiger partial charge is 0.163 e. The minimum absolute atomic E-state index is 0.558. The highest BCUT2D eigenvalue weighted by molar-refractivity contribution is 14.1. The first kappa shape index (κ1) is 14.8. The number of nitrogens with zero attached hydrogens (tertiary/aromatic N) is 4. The third kappa shape index (κ3) is 2.57. The largest absolute Gasteiger partial charge is 0.281 e. The maximum absolute atomic E-state index is 5.95. The summed E-state index contributed by atoms with van der Waals surface area (Å²) >= 11 is 8.26. The maximum atomic E-state index is 5.95. The van der Waals surface area contributed by atoms with Gasteiger partial charge in [-0.1, -0.05) is 6.92 Å². The minimum atomic E-state index is 0.558. The predicted molar refractivity (Wildman–Crippen MR) is 94.4 cm³/mol. The lowest BCUT2D eigenvalue weighted by molar-refractivity contribution is 0.741. The number of halogens is 2. The summed E-state index contributed by atoms with van der Waals surface area (Å²) < 4.78 is 5.29. The van der Waals surface area contributed by atoms with Crippen LogP contribution in [0.3, 0.4) is 0 Å². The molecule has 0 saturated heterocycles. The van der Waals surface area contributed by atoms with Crippen LogP contribution in [0.25, 0.3) is 16.9 Å². The number of aryl methyl sites for hydroxylation is 3. The molecule has 0 N–H and O–H groups in total. The van der Waals surface area contributed by atoms with Crippen LogP contribution < -0.4 is 0 Å². The molecule has 0 fully saturated rings. The first-order chi connectivity index (χ1) is 10.2. The molecule has 1 aromatic carbocycles. The molecule has 0 unspecified atom stereocenters. The Morgan fingerprint density at radius 2 is 1.95 bits per heavy atom. The van der Waals surface area contributed by atoms with Crippen molar-refractivity contribution in [2.75, 3.05) is 5.88 Å². The second-order valence-electron chi connectivity index (χ2n) is 4.87. The van der Waals surface area contributed by atoms with Crippen LogP contribution in [-0.4, -0.2) is 25.2 Å². The molecule has 0 amide bonds. The van der Waals surface area contributed by atoms with E-state index in [0.29, 0.717) is 5.88 Å². The van der Waals surface area contributed by atoms with Crippen molar-refractivity contribution in [2.24, 2.45) is 7.05 Å². The molecule has 0 aliphatic heterocycles. The van der Waals surface area contributed by atoms with Crippen LogP contribution in [0.2, 0.25) is 0 Å².